The van der Waals surface area contributed by atoms with Crippen molar-refractivity contribution in [2.75, 3.05) is 23.3 Å². The zero-order chi connectivity index (χ0) is 18.3. The number of carbonyl (C=O) groups excluding carboxylic acids is 2. The van der Waals surface area contributed by atoms with Crippen LogP contribution in [0.3, 0.4) is 0 Å². The Morgan fingerprint density at radius 3 is 2.67 bits per heavy atom. The second kappa shape index (κ2) is 7.86. The average molecular weight is 392 g/mol. The molecular formula is C19H26ClN5O2. The Labute approximate surface area is 164 Å². The molecular weight excluding hydrogens is 366 g/mol. The van der Waals surface area contributed by atoms with Gasteiger partial charge in [0.2, 0.25) is 11.8 Å². The maximum absolute atomic E-state index is 12.3. The zero-order valence-electron chi connectivity index (χ0n) is 15.7. The molecule has 8 heteroatoms. The monoisotopic (exact) mass is 391 g/mol. The summed E-state index contributed by atoms with van der Waals surface area (Å²) in [5.41, 5.74) is 1.96. The number of aromatic nitrogens is 2. The zero-order valence-corrected chi connectivity index (χ0v) is 16.5. The van der Waals surface area contributed by atoms with E-state index in [0.717, 1.165) is 36.1 Å². The number of hydrogen-bond donors (Lipinski definition) is 2. The fraction of sp³-hybridized carbons (Fsp3) is 0.526. The van der Waals surface area contributed by atoms with Crippen molar-refractivity contribution in [3.8, 4) is 0 Å². The summed E-state index contributed by atoms with van der Waals surface area (Å²) in [5.74, 6) is 0.697. The van der Waals surface area contributed by atoms with Crippen LogP contribution in [0.25, 0.3) is 10.9 Å². The normalized spacial score (nSPS) is 23.4. The quantitative estimate of drug-likeness (QED) is 0.785. The van der Waals surface area contributed by atoms with Crippen molar-refractivity contribution in [2.24, 2.45) is 13.0 Å². The molecule has 2 N–H and O–H groups in total. The first-order valence-corrected chi connectivity index (χ1v) is 9.34. The van der Waals surface area contributed by atoms with Crippen LogP contribution in [-0.4, -0.2) is 40.7 Å². The molecule has 2 aromatic rings. The van der Waals surface area contributed by atoms with E-state index in [1.165, 1.54) is 4.90 Å². The summed E-state index contributed by atoms with van der Waals surface area (Å²) in [6.07, 6.45) is 2.52. The molecule has 2 atom stereocenters. The van der Waals surface area contributed by atoms with E-state index >= 15 is 0 Å². The molecule has 2 aliphatic heterocycles. The number of carbonyl (C=O) groups is 2. The van der Waals surface area contributed by atoms with E-state index < -0.39 is 0 Å². The number of amides is 2. The second-order valence-corrected chi connectivity index (χ2v) is 7.38. The summed E-state index contributed by atoms with van der Waals surface area (Å²) in [6, 6.07) is 6.47. The van der Waals surface area contributed by atoms with Crippen LogP contribution in [0.15, 0.2) is 18.2 Å². The molecule has 4 rings (SSSR count). The van der Waals surface area contributed by atoms with E-state index in [1.807, 2.05) is 19.2 Å². The van der Waals surface area contributed by atoms with E-state index in [-0.39, 0.29) is 24.2 Å². The molecule has 2 fully saturated rings. The fourth-order valence-corrected chi connectivity index (χ4v) is 3.93. The van der Waals surface area contributed by atoms with Gasteiger partial charge >= 0.3 is 0 Å². The molecule has 0 unspecified atom stereocenters. The van der Waals surface area contributed by atoms with E-state index in [0.29, 0.717) is 37.0 Å². The largest absolute Gasteiger partial charge is 0.382 e. The van der Waals surface area contributed by atoms with Gasteiger partial charge in [0.05, 0.1) is 5.52 Å². The highest BCUT2D eigenvalue weighted by atomic mass is 35.5. The van der Waals surface area contributed by atoms with E-state index in [2.05, 4.69) is 28.7 Å². The minimum Gasteiger partial charge on any atom is -0.382 e. The standard InChI is InChI=1S/C19H25N5O2.ClH/c1-12-11-20-9-8-15(12)21-13-6-7-14-16(10-13)23(2)22-19(14)24-17(25)4-3-5-18(24)26;/h6-7,10,12,15,20-21H,3-5,8-9,11H2,1-2H3;1H/t12-,15-;/m1./s1. The Balaban J connectivity index is 0.00000210. The number of hydrogen-bond acceptors (Lipinski definition) is 5. The lowest BCUT2D eigenvalue weighted by Gasteiger charge is -2.31. The molecule has 0 spiro atoms. The van der Waals surface area contributed by atoms with Gasteiger partial charge in [-0.05, 0) is 50.0 Å². The topological polar surface area (TPSA) is 79.3 Å². The van der Waals surface area contributed by atoms with Crippen molar-refractivity contribution >= 4 is 46.6 Å². The molecule has 0 radical (unpaired) electrons. The molecule has 7 nitrogen and oxygen atoms in total. The maximum Gasteiger partial charge on any atom is 0.235 e. The van der Waals surface area contributed by atoms with Gasteiger partial charge in [-0.2, -0.15) is 5.10 Å². The maximum atomic E-state index is 12.3. The Morgan fingerprint density at radius 2 is 1.96 bits per heavy atom. The van der Waals surface area contributed by atoms with Gasteiger partial charge in [0.15, 0.2) is 5.82 Å². The number of imide groups is 1. The predicted octanol–water partition coefficient (Wildman–Crippen LogP) is 2.45. The van der Waals surface area contributed by atoms with Crippen LogP contribution in [0.2, 0.25) is 0 Å². The van der Waals surface area contributed by atoms with Crippen LogP contribution in [0.4, 0.5) is 11.5 Å². The van der Waals surface area contributed by atoms with Crippen molar-refractivity contribution in [2.45, 2.75) is 38.6 Å². The SMILES string of the molecule is C[C@@H]1CNCC[C@H]1Nc1ccc2c(N3C(=O)CCCC3=O)nn(C)c2c1.Cl. The summed E-state index contributed by atoms with van der Waals surface area (Å²) >= 11 is 0. The molecule has 2 amide bonds. The molecule has 1 aromatic heterocycles. The second-order valence-electron chi connectivity index (χ2n) is 7.38. The summed E-state index contributed by atoms with van der Waals surface area (Å²) < 4.78 is 1.75. The van der Waals surface area contributed by atoms with Crippen LogP contribution in [0.5, 0.6) is 0 Å². The van der Waals surface area contributed by atoms with Crippen molar-refractivity contribution in [1.82, 2.24) is 15.1 Å². The number of benzene rings is 1. The third kappa shape index (κ3) is 3.66. The van der Waals surface area contributed by atoms with Gasteiger partial charge in [-0.15, -0.1) is 12.4 Å². The average Bonchev–Trinajstić information content (AvgIpc) is 2.93. The lowest BCUT2D eigenvalue weighted by molar-refractivity contribution is -0.129. The molecule has 3 heterocycles. The third-order valence-electron chi connectivity index (χ3n) is 5.46. The van der Waals surface area contributed by atoms with Gasteiger partial charge in [-0.3, -0.25) is 14.3 Å². The highest BCUT2D eigenvalue weighted by Crippen LogP contribution is 2.31. The van der Waals surface area contributed by atoms with Crippen LogP contribution in [0.1, 0.15) is 32.6 Å². The van der Waals surface area contributed by atoms with Gasteiger partial charge in [0.1, 0.15) is 0 Å². The number of halogens is 1. The first-order valence-electron chi connectivity index (χ1n) is 9.34. The number of aryl methyl sites for hydroxylation is 1. The number of nitrogens with zero attached hydrogens (tertiary/aromatic N) is 3. The van der Waals surface area contributed by atoms with Gasteiger partial charge < -0.3 is 10.6 Å². The van der Waals surface area contributed by atoms with Gasteiger partial charge in [0.25, 0.3) is 0 Å². The van der Waals surface area contributed by atoms with Gasteiger partial charge in [0, 0.05) is 37.0 Å². The van der Waals surface area contributed by atoms with Crippen molar-refractivity contribution in [3.63, 3.8) is 0 Å². The van der Waals surface area contributed by atoms with Crippen LogP contribution < -0.4 is 15.5 Å². The molecule has 2 saturated heterocycles. The number of fused-ring (bicyclic) bond motifs is 1. The molecule has 0 saturated carbocycles. The molecule has 27 heavy (non-hydrogen) atoms. The van der Waals surface area contributed by atoms with Crippen LogP contribution >= 0.6 is 12.4 Å². The number of rotatable bonds is 3. The Hall–Kier alpha value is -2.12. The van der Waals surface area contributed by atoms with Crippen molar-refractivity contribution in [3.05, 3.63) is 18.2 Å². The molecule has 2 aliphatic rings. The molecule has 146 valence electrons. The van der Waals surface area contributed by atoms with Crippen molar-refractivity contribution < 1.29 is 9.59 Å². The minimum absolute atomic E-state index is 0. The van der Waals surface area contributed by atoms with E-state index in [9.17, 15) is 9.59 Å². The smallest absolute Gasteiger partial charge is 0.235 e. The van der Waals surface area contributed by atoms with E-state index in [1.54, 1.807) is 4.68 Å². The highest BCUT2D eigenvalue weighted by molar-refractivity contribution is 6.19. The third-order valence-corrected chi connectivity index (χ3v) is 5.46. The first kappa shape index (κ1) is 19.6. The van der Waals surface area contributed by atoms with E-state index in [4.69, 9.17) is 0 Å². The first-order chi connectivity index (χ1) is 12.5. The Bertz CT molecular complexity index is 849. The predicted molar refractivity (Wildman–Crippen MR) is 108 cm³/mol. The van der Waals surface area contributed by atoms with Crippen molar-refractivity contribution in [1.29, 1.82) is 0 Å². The molecule has 0 aliphatic carbocycles. The fourth-order valence-electron chi connectivity index (χ4n) is 3.93. The Kier molecular flexibility index (Phi) is 5.72. The minimum atomic E-state index is -0.160. The van der Waals surface area contributed by atoms with Crippen LogP contribution in [-0.2, 0) is 16.6 Å². The summed E-state index contributed by atoms with van der Waals surface area (Å²) in [7, 11) is 1.85. The highest BCUT2D eigenvalue weighted by Gasteiger charge is 2.31. The van der Waals surface area contributed by atoms with Gasteiger partial charge in [-0.1, -0.05) is 6.92 Å². The number of piperidine rings is 2. The molecule has 0 bridgehead atoms. The number of anilines is 2. The Morgan fingerprint density at radius 1 is 1.22 bits per heavy atom. The summed E-state index contributed by atoms with van der Waals surface area (Å²) in [5, 5.41) is 12.4. The molecule has 1 aromatic carbocycles. The summed E-state index contributed by atoms with van der Waals surface area (Å²) in [6.45, 7) is 4.30. The lowest BCUT2D eigenvalue weighted by Crippen LogP contribution is -2.42. The van der Waals surface area contributed by atoms with Crippen LogP contribution in [0, 0.1) is 5.92 Å². The number of nitrogens with one attached hydrogen (secondary N) is 2. The summed E-state index contributed by atoms with van der Waals surface area (Å²) in [4.78, 5) is 25.8. The van der Waals surface area contributed by atoms with Gasteiger partial charge in [-0.25, -0.2) is 4.90 Å². The lowest BCUT2D eigenvalue weighted by atomic mass is 9.95.